The Bertz CT molecular complexity index is 471. The minimum absolute atomic E-state index is 0.0384. The van der Waals surface area contributed by atoms with Gasteiger partial charge in [0.15, 0.2) is 0 Å². The van der Waals surface area contributed by atoms with Crippen LogP contribution in [0.4, 0.5) is 4.79 Å². The number of carboxylic acid groups (broad SMARTS) is 1. The van der Waals surface area contributed by atoms with Crippen LogP contribution >= 0.6 is 11.8 Å². The highest BCUT2D eigenvalue weighted by Crippen LogP contribution is 2.29. The van der Waals surface area contributed by atoms with Crippen molar-refractivity contribution < 1.29 is 19.5 Å². The van der Waals surface area contributed by atoms with Crippen LogP contribution in [0.3, 0.4) is 0 Å². The van der Waals surface area contributed by atoms with Gasteiger partial charge in [-0.1, -0.05) is 0 Å². The minimum Gasteiger partial charge on any atom is -0.478 e. The van der Waals surface area contributed by atoms with E-state index in [4.69, 9.17) is 5.11 Å². The lowest BCUT2D eigenvalue weighted by Gasteiger charge is -2.37. The van der Waals surface area contributed by atoms with E-state index < -0.39 is 17.9 Å². The third-order valence-corrected chi connectivity index (χ3v) is 4.45. The van der Waals surface area contributed by atoms with E-state index in [2.05, 4.69) is 5.32 Å². The number of aliphatic carboxylic acids is 1. The zero-order valence-electron chi connectivity index (χ0n) is 12.1. The van der Waals surface area contributed by atoms with Gasteiger partial charge in [-0.05, 0) is 27.7 Å². The highest BCUT2D eigenvalue weighted by Gasteiger charge is 2.30. The van der Waals surface area contributed by atoms with Crippen LogP contribution in [-0.4, -0.2) is 51.5 Å². The number of carboxylic acids is 1. The van der Waals surface area contributed by atoms with Gasteiger partial charge in [0.05, 0.1) is 0 Å². The molecule has 0 bridgehead atoms. The predicted molar refractivity (Wildman–Crippen MR) is 77.7 cm³/mol. The summed E-state index contributed by atoms with van der Waals surface area (Å²) >= 11 is 1.78. The number of thioether (sulfide) groups is 1. The molecule has 0 unspecified atom stereocenters. The smallest absolute Gasteiger partial charge is 0.331 e. The molecular formula is C13H20N2O4S. The minimum atomic E-state index is -1.17. The fourth-order valence-electron chi connectivity index (χ4n) is 1.79. The second kappa shape index (κ2) is 6.30. The van der Waals surface area contributed by atoms with E-state index in [1.165, 1.54) is 13.8 Å². The molecule has 3 amide bonds. The summed E-state index contributed by atoms with van der Waals surface area (Å²) in [4.78, 5) is 36.2. The largest absolute Gasteiger partial charge is 0.478 e. The van der Waals surface area contributed by atoms with Crippen molar-refractivity contribution in [3.05, 3.63) is 11.1 Å². The van der Waals surface area contributed by atoms with Crippen LogP contribution in [0, 0.1) is 0 Å². The second-order valence-electron chi connectivity index (χ2n) is 5.34. The number of hydrogen-bond donors (Lipinski definition) is 2. The van der Waals surface area contributed by atoms with Crippen LogP contribution < -0.4 is 5.32 Å². The Morgan fingerprint density at radius 1 is 1.20 bits per heavy atom. The molecule has 0 radical (unpaired) electrons. The Kier molecular flexibility index (Phi) is 5.21. The van der Waals surface area contributed by atoms with Crippen molar-refractivity contribution in [1.82, 2.24) is 10.2 Å². The molecule has 0 aromatic carbocycles. The zero-order chi connectivity index (χ0) is 15.5. The molecular weight excluding hydrogens is 280 g/mol. The average molecular weight is 300 g/mol. The van der Waals surface area contributed by atoms with Crippen molar-refractivity contribution in [1.29, 1.82) is 0 Å². The van der Waals surface area contributed by atoms with Gasteiger partial charge in [-0.3, -0.25) is 10.1 Å². The van der Waals surface area contributed by atoms with Crippen LogP contribution in [0.25, 0.3) is 0 Å². The van der Waals surface area contributed by atoms with Crippen molar-refractivity contribution in [2.24, 2.45) is 0 Å². The van der Waals surface area contributed by atoms with E-state index in [9.17, 15) is 14.4 Å². The number of urea groups is 1. The third-order valence-electron chi connectivity index (χ3n) is 3.16. The molecule has 1 fully saturated rings. The van der Waals surface area contributed by atoms with Crippen molar-refractivity contribution >= 4 is 29.7 Å². The molecule has 0 spiro atoms. The number of hydrogen-bond acceptors (Lipinski definition) is 4. The van der Waals surface area contributed by atoms with Crippen molar-refractivity contribution in [2.75, 3.05) is 18.8 Å². The first-order valence-corrected chi connectivity index (χ1v) is 7.27. The highest BCUT2D eigenvalue weighted by atomic mass is 32.2. The van der Waals surface area contributed by atoms with E-state index in [0.717, 1.165) is 5.75 Å². The number of amides is 3. The van der Waals surface area contributed by atoms with Gasteiger partial charge in [-0.25, -0.2) is 9.59 Å². The van der Waals surface area contributed by atoms with Crippen molar-refractivity contribution in [2.45, 2.75) is 32.4 Å². The Morgan fingerprint density at radius 2 is 1.80 bits per heavy atom. The van der Waals surface area contributed by atoms with Gasteiger partial charge >= 0.3 is 12.0 Å². The Labute approximate surface area is 122 Å². The number of nitrogens with zero attached hydrogens (tertiary/aromatic N) is 1. The van der Waals surface area contributed by atoms with Gasteiger partial charge in [-0.2, -0.15) is 11.8 Å². The quantitative estimate of drug-likeness (QED) is 0.754. The summed E-state index contributed by atoms with van der Waals surface area (Å²) in [5.74, 6) is -1.01. The summed E-state index contributed by atoms with van der Waals surface area (Å²) in [6.07, 6.45) is 0. The molecule has 1 heterocycles. The number of rotatable bonds is 2. The fourth-order valence-corrected chi connectivity index (χ4v) is 2.90. The van der Waals surface area contributed by atoms with Gasteiger partial charge in [0.1, 0.15) is 0 Å². The maximum atomic E-state index is 12.0. The van der Waals surface area contributed by atoms with Crippen molar-refractivity contribution in [3.63, 3.8) is 0 Å². The summed E-state index contributed by atoms with van der Waals surface area (Å²) < 4.78 is -0.0412. The molecule has 0 atom stereocenters. The van der Waals surface area contributed by atoms with Gasteiger partial charge < -0.3 is 10.0 Å². The number of nitrogens with one attached hydrogen (secondary N) is 1. The standard InChI is InChI=1S/C13H20N2O4S/c1-8(9(2)11(17)18)10(16)14-12(19)15-5-6-20-13(3,4)7-15/h5-7H2,1-4H3,(H,17,18)(H,14,16,19). The summed E-state index contributed by atoms with van der Waals surface area (Å²) in [6, 6.07) is -0.471. The average Bonchev–Trinajstić information content (AvgIpc) is 2.35. The third kappa shape index (κ3) is 4.26. The van der Waals surface area contributed by atoms with Gasteiger partial charge in [0.2, 0.25) is 0 Å². The summed E-state index contributed by atoms with van der Waals surface area (Å²) in [7, 11) is 0. The second-order valence-corrected chi connectivity index (χ2v) is 7.15. The van der Waals surface area contributed by atoms with Crippen molar-refractivity contribution in [3.8, 4) is 0 Å². The molecule has 112 valence electrons. The molecule has 20 heavy (non-hydrogen) atoms. The summed E-state index contributed by atoms with van der Waals surface area (Å²) in [6.45, 7) is 7.94. The lowest BCUT2D eigenvalue weighted by Crippen LogP contribution is -2.51. The highest BCUT2D eigenvalue weighted by molar-refractivity contribution is 8.00. The van der Waals surface area contributed by atoms with E-state index in [1.807, 2.05) is 13.8 Å². The lowest BCUT2D eigenvalue weighted by molar-refractivity contribution is -0.133. The SMILES string of the molecule is CC(C(=O)O)=C(C)C(=O)NC(=O)N1CCSC(C)(C)C1. The molecule has 1 aliphatic heterocycles. The van der Waals surface area contributed by atoms with Gasteiger partial charge in [0.25, 0.3) is 5.91 Å². The van der Waals surface area contributed by atoms with E-state index >= 15 is 0 Å². The van der Waals surface area contributed by atoms with E-state index in [-0.39, 0.29) is 15.9 Å². The molecule has 6 nitrogen and oxygen atoms in total. The van der Waals surface area contributed by atoms with Crippen LogP contribution in [0.1, 0.15) is 27.7 Å². The monoisotopic (exact) mass is 300 g/mol. The summed E-state index contributed by atoms with van der Waals surface area (Å²) in [5.41, 5.74) is -0.0266. The molecule has 0 aliphatic carbocycles. The van der Waals surface area contributed by atoms with Gasteiger partial charge in [0, 0.05) is 34.7 Å². The first-order valence-electron chi connectivity index (χ1n) is 6.29. The van der Waals surface area contributed by atoms with Crippen LogP contribution in [-0.2, 0) is 9.59 Å². The maximum absolute atomic E-state index is 12.0. The zero-order valence-corrected chi connectivity index (χ0v) is 13.0. The van der Waals surface area contributed by atoms with Crippen LogP contribution in [0.5, 0.6) is 0 Å². The first-order chi connectivity index (χ1) is 9.14. The molecule has 2 N–H and O–H groups in total. The lowest BCUT2D eigenvalue weighted by atomic mass is 10.1. The summed E-state index contributed by atoms with van der Waals surface area (Å²) in [5, 5.41) is 11.1. The number of imide groups is 1. The fraction of sp³-hybridized carbons (Fsp3) is 0.615. The normalized spacial score (nSPS) is 19.1. The maximum Gasteiger partial charge on any atom is 0.331 e. The first kappa shape index (κ1) is 16.6. The molecule has 0 aromatic heterocycles. The topological polar surface area (TPSA) is 86.7 Å². The van der Waals surface area contributed by atoms with Crippen LogP contribution in [0.15, 0.2) is 11.1 Å². The van der Waals surface area contributed by atoms with Crippen LogP contribution in [0.2, 0.25) is 0 Å². The Balaban J connectivity index is 2.69. The Hall–Kier alpha value is -1.50. The number of carbonyl (C=O) groups is 3. The number of carbonyl (C=O) groups excluding carboxylic acids is 2. The predicted octanol–water partition coefficient (Wildman–Crippen LogP) is 1.47. The molecule has 7 heteroatoms. The molecule has 0 aromatic rings. The molecule has 1 aliphatic rings. The van der Waals surface area contributed by atoms with E-state index in [0.29, 0.717) is 13.1 Å². The van der Waals surface area contributed by atoms with Gasteiger partial charge in [-0.15, -0.1) is 0 Å². The molecule has 1 saturated heterocycles. The molecule has 1 rings (SSSR count). The Morgan fingerprint density at radius 3 is 2.30 bits per heavy atom. The van der Waals surface area contributed by atoms with E-state index in [1.54, 1.807) is 16.7 Å². The molecule has 0 saturated carbocycles.